The zero-order valence-corrected chi connectivity index (χ0v) is 19.3. The third kappa shape index (κ3) is 7.10. The summed E-state index contributed by atoms with van der Waals surface area (Å²) in [6.45, 7) is -0.533. The highest BCUT2D eigenvalue weighted by Crippen LogP contribution is 2.38. The lowest BCUT2D eigenvalue weighted by Crippen LogP contribution is -2.32. The van der Waals surface area contributed by atoms with Crippen molar-refractivity contribution in [3.63, 3.8) is 0 Å². The van der Waals surface area contributed by atoms with E-state index in [9.17, 15) is 26.7 Å². The van der Waals surface area contributed by atoms with Gasteiger partial charge in [0, 0.05) is 23.2 Å². The van der Waals surface area contributed by atoms with Gasteiger partial charge in [-0.15, -0.1) is 0 Å². The van der Waals surface area contributed by atoms with E-state index >= 15 is 0 Å². The van der Waals surface area contributed by atoms with Crippen LogP contribution in [0, 0.1) is 21.0 Å². The number of rotatable bonds is 11. The molecule has 0 aliphatic carbocycles. The minimum Gasteiger partial charge on any atom is -0.394 e. The summed E-state index contributed by atoms with van der Waals surface area (Å²) < 4.78 is 72.6. The number of nitrogens with one attached hydrogen (secondary N) is 4. The first-order valence-corrected chi connectivity index (χ1v) is 11.6. The maximum atomic E-state index is 14.6. The van der Waals surface area contributed by atoms with Crippen molar-refractivity contribution >= 4 is 55.5 Å². The van der Waals surface area contributed by atoms with Crippen molar-refractivity contribution < 1.29 is 31.8 Å². The molecule has 6 N–H and O–H groups in total. The number of benzene rings is 2. The van der Waals surface area contributed by atoms with Crippen LogP contribution in [0.5, 0.6) is 0 Å². The van der Waals surface area contributed by atoms with E-state index in [-0.39, 0.29) is 36.4 Å². The molecule has 0 amide bonds. The Morgan fingerprint density at radius 3 is 2.42 bits per heavy atom. The average Bonchev–Trinajstić information content (AvgIpc) is 2.71. The van der Waals surface area contributed by atoms with E-state index in [1.165, 1.54) is 25.2 Å². The van der Waals surface area contributed by atoms with Crippen LogP contribution in [0.4, 0.5) is 35.9 Å². The Morgan fingerprint density at radius 2 is 1.81 bits per heavy atom. The molecule has 0 radical (unpaired) electrons. The molecule has 2 aromatic carbocycles. The molecule has 13 heteroatoms. The van der Waals surface area contributed by atoms with E-state index in [4.69, 9.17) is 5.11 Å². The van der Waals surface area contributed by atoms with Crippen LogP contribution in [0.15, 0.2) is 24.3 Å². The number of hydrogen-bond donors (Lipinski definition) is 6. The van der Waals surface area contributed by atoms with Gasteiger partial charge in [-0.1, -0.05) is 0 Å². The summed E-state index contributed by atoms with van der Waals surface area (Å²) in [5.74, 6) is -3.41. The van der Waals surface area contributed by atoms with Crippen LogP contribution in [0.1, 0.15) is 12.8 Å². The van der Waals surface area contributed by atoms with Crippen molar-refractivity contribution in [2.24, 2.45) is 0 Å². The molecule has 0 heterocycles. The van der Waals surface area contributed by atoms with Crippen LogP contribution in [0.2, 0.25) is 0 Å². The van der Waals surface area contributed by atoms with Gasteiger partial charge < -0.3 is 20.8 Å². The molecule has 0 bridgehead atoms. The molecule has 0 saturated carbocycles. The number of aliphatic hydroxyl groups excluding tert-OH is 2. The lowest BCUT2D eigenvalue weighted by molar-refractivity contribution is 0.0869. The van der Waals surface area contributed by atoms with Crippen molar-refractivity contribution in [3.8, 4) is 0 Å². The van der Waals surface area contributed by atoms with Gasteiger partial charge in [-0.2, -0.15) is 13.1 Å². The van der Waals surface area contributed by atoms with E-state index in [2.05, 4.69) is 20.1 Å². The van der Waals surface area contributed by atoms with Gasteiger partial charge in [-0.05, 0) is 53.6 Å². The monoisotopic (exact) mass is 574 g/mol. The molecular weight excluding hydrogens is 552 g/mol. The number of halogens is 4. The topological polar surface area (TPSA) is 123 Å². The van der Waals surface area contributed by atoms with Crippen molar-refractivity contribution in [3.05, 3.63) is 45.3 Å². The molecule has 0 aliphatic rings. The molecule has 172 valence electrons. The summed E-state index contributed by atoms with van der Waals surface area (Å²) in [7, 11) is -2.86. The summed E-state index contributed by atoms with van der Waals surface area (Å²) in [5.41, 5.74) is -1.24. The van der Waals surface area contributed by atoms with E-state index < -0.39 is 46.1 Å². The Balaban J connectivity index is 2.33. The predicted molar refractivity (Wildman–Crippen MR) is 121 cm³/mol. The predicted octanol–water partition coefficient (Wildman–Crippen LogP) is 2.87. The zero-order chi connectivity index (χ0) is 23.2. The summed E-state index contributed by atoms with van der Waals surface area (Å²) in [6.07, 6.45) is -0.595. The van der Waals surface area contributed by atoms with Crippen LogP contribution in [-0.4, -0.2) is 44.9 Å². The molecule has 1 atom stereocenters. The molecule has 8 nitrogen and oxygen atoms in total. The second-order valence-corrected chi connectivity index (χ2v) is 9.19. The molecule has 31 heavy (non-hydrogen) atoms. The van der Waals surface area contributed by atoms with Crippen LogP contribution in [-0.2, 0) is 10.2 Å². The molecule has 0 fully saturated rings. The highest BCUT2D eigenvalue weighted by atomic mass is 127. The zero-order valence-electron chi connectivity index (χ0n) is 16.3. The van der Waals surface area contributed by atoms with Gasteiger partial charge >= 0.3 is 0 Å². The fraction of sp³-hybridized carbons (Fsp3) is 0.333. The minimum absolute atomic E-state index is 0.0839. The number of aliphatic hydroxyl groups is 2. The Morgan fingerprint density at radius 1 is 1.10 bits per heavy atom. The van der Waals surface area contributed by atoms with Crippen molar-refractivity contribution in [2.45, 2.75) is 18.9 Å². The Kier molecular flexibility index (Phi) is 9.17. The maximum Gasteiger partial charge on any atom is 0.299 e. The number of anilines is 4. The first-order chi connectivity index (χ1) is 14.6. The molecule has 2 rings (SSSR count). The van der Waals surface area contributed by atoms with Gasteiger partial charge in [-0.25, -0.2) is 13.2 Å². The SMILES string of the molecule is CNc1cc(F)c(F)c(Nc2ccc(I)cc2F)c1NS(=O)(=O)NCCCC(O)CO. The van der Waals surface area contributed by atoms with Crippen LogP contribution >= 0.6 is 22.6 Å². The van der Waals surface area contributed by atoms with Crippen LogP contribution in [0.25, 0.3) is 0 Å². The van der Waals surface area contributed by atoms with Gasteiger partial charge in [0.25, 0.3) is 10.2 Å². The highest BCUT2D eigenvalue weighted by Gasteiger charge is 2.23. The average molecular weight is 574 g/mol. The minimum atomic E-state index is -4.24. The van der Waals surface area contributed by atoms with Gasteiger partial charge in [0.1, 0.15) is 11.5 Å². The van der Waals surface area contributed by atoms with Crippen molar-refractivity contribution in [1.82, 2.24) is 4.72 Å². The van der Waals surface area contributed by atoms with Crippen LogP contribution in [0.3, 0.4) is 0 Å². The third-order valence-corrected chi connectivity index (χ3v) is 5.86. The second-order valence-electron chi connectivity index (χ2n) is 6.45. The molecule has 0 saturated heterocycles. The highest BCUT2D eigenvalue weighted by molar-refractivity contribution is 14.1. The molecule has 0 aromatic heterocycles. The maximum absolute atomic E-state index is 14.6. The Bertz CT molecular complexity index is 1030. The molecule has 0 spiro atoms. The van der Waals surface area contributed by atoms with Crippen molar-refractivity contribution in [1.29, 1.82) is 0 Å². The summed E-state index contributed by atoms with van der Waals surface area (Å²) in [6, 6.07) is 4.78. The molecule has 0 aliphatic heterocycles. The van der Waals surface area contributed by atoms with Gasteiger partial charge in [-0.3, -0.25) is 4.72 Å². The Labute approximate surface area is 191 Å². The fourth-order valence-electron chi connectivity index (χ4n) is 2.58. The summed E-state index contributed by atoms with van der Waals surface area (Å²) in [4.78, 5) is 0. The first-order valence-electron chi connectivity index (χ1n) is 9.06. The molecule has 1 unspecified atom stereocenters. The van der Waals surface area contributed by atoms with Gasteiger partial charge in [0.15, 0.2) is 11.6 Å². The standard InChI is InChI=1S/C18H22F3IN4O4S/c1-23-15-8-13(20)16(21)18(25-14-5-4-10(22)7-12(14)19)17(15)26-31(29,30)24-6-2-3-11(28)9-27/h4-5,7-8,11,23-28H,2-3,6,9H2,1H3. The molecular formula is C18H22F3IN4O4S. The smallest absolute Gasteiger partial charge is 0.299 e. The lowest BCUT2D eigenvalue weighted by atomic mass is 10.2. The van der Waals surface area contributed by atoms with Gasteiger partial charge in [0.2, 0.25) is 0 Å². The van der Waals surface area contributed by atoms with Crippen molar-refractivity contribution in [2.75, 3.05) is 35.6 Å². The summed E-state index contributed by atoms with van der Waals surface area (Å²) >= 11 is 1.88. The van der Waals surface area contributed by atoms with E-state index in [0.29, 0.717) is 3.57 Å². The lowest BCUT2D eigenvalue weighted by Gasteiger charge is -2.19. The van der Waals surface area contributed by atoms with Gasteiger partial charge in [0.05, 0.1) is 29.8 Å². The third-order valence-electron chi connectivity index (χ3n) is 4.13. The fourth-order valence-corrected chi connectivity index (χ4v) is 4.00. The van der Waals surface area contributed by atoms with E-state index in [1.807, 2.05) is 22.6 Å². The quantitative estimate of drug-likeness (QED) is 0.181. The normalized spacial score (nSPS) is 12.5. The van der Waals surface area contributed by atoms with E-state index in [0.717, 1.165) is 6.07 Å². The number of hydrogen-bond acceptors (Lipinski definition) is 6. The largest absolute Gasteiger partial charge is 0.394 e. The second kappa shape index (κ2) is 11.2. The Hall–Kier alpha value is -1.81. The first kappa shape index (κ1) is 25.5. The molecule has 2 aromatic rings. The van der Waals surface area contributed by atoms with E-state index in [1.54, 1.807) is 0 Å². The summed E-state index contributed by atoms with van der Waals surface area (Å²) in [5, 5.41) is 23.1. The van der Waals surface area contributed by atoms with Crippen LogP contribution < -0.4 is 20.1 Å².